The minimum absolute atomic E-state index is 0.113. The Morgan fingerprint density at radius 3 is 2.65 bits per heavy atom. The number of ether oxygens (including phenoxy) is 1. The van der Waals surface area contributed by atoms with Crippen molar-refractivity contribution in [3.63, 3.8) is 0 Å². The van der Waals surface area contributed by atoms with Gasteiger partial charge in [0.25, 0.3) is 0 Å². The molecule has 0 atom stereocenters. The van der Waals surface area contributed by atoms with Crippen LogP contribution in [-0.2, 0) is 23.2 Å². The maximum atomic E-state index is 12.6. The molecule has 0 fully saturated rings. The largest absolute Gasteiger partial charge is 0.471 e. The number of ketones is 1. The standard InChI is InChI=1S/C34H35N7O2/c1-34(2)28-17-25(35)12-10-23(28)16-24-11-13-26(18-29(24)34)37-15-3-4-27(42)14-9-21-5-7-22(8-6-21)19-43-32-30-31(39-20-38-30)40-33(36)41-32/h5-8,10-13,16-18,20H,3-4,9,14-15,19,35H2,1-2H3,(H3,36,38,39,40,41). The second kappa shape index (κ2) is 11.7. The zero-order valence-corrected chi connectivity index (χ0v) is 24.4. The van der Waals surface area contributed by atoms with E-state index in [-0.39, 0.29) is 17.1 Å². The van der Waals surface area contributed by atoms with Gasteiger partial charge in [0.1, 0.15) is 17.9 Å². The average Bonchev–Trinajstić information content (AvgIpc) is 3.47. The van der Waals surface area contributed by atoms with Crippen molar-refractivity contribution in [1.82, 2.24) is 19.9 Å². The first-order valence-electron chi connectivity index (χ1n) is 14.5. The van der Waals surface area contributed by atoms with Crippen LogP contribution >= 0.6 is 0 Å². The van der Waals surface area contributed by atoms with Crippen LogP contribution in [0.5, 0.6) is 5.88 Å². The topological polar surface area (TPSA) is 145 Å². The molecule has 9 nitrogen and oxygen atoms in total. The molecule has 0 unspecified atom stereocenters. The van der Waals surface area contributed by atoms with Crippen LogP contribution < -0.4 is 16.2 Å². The van der Waals surface area contributed by atoms with E-state index in [4.69, 9.17) is 21.2 Å². The minimum atomic E-state index is -0.167. The zero-order valence-electron chi connectivity index (χ0n) is 24.4. The fourth-order valence-corrected chi connectivity index (χ4v) is 5.64. The van der Waals surface area contributed by atoms with E-state index in [1.807, 2.05) is 30.3 Å². The number of fused-ring (bicyclic) bond motifs is 3. The Balaban J connectivity index is 0.964. The van der Waals surface area contributed by atoms with Gasteiger partial charge in [-0.3, -0.25) is 9.79 Å². The quantitative estimate of drug-likeness (QED) is 0.163. The predicted octanol–water partition coefficient (Wildman–Crippen LogP) is 5.69. The van der Waals surface area contributed by atoms with Crippen LogP contribution in [0.3, 0.4) is 0 Å². The Morgan fingerprint density at radius 1 is 1.00 bits per heavy atom. The summed E-state index contributed by atoms with van der Waals surface area (Å²) in [6, 6.07) is 14.2. The number of carbonyl (C=O) groups excluding carboxylic acids is 1. The molecule has 6 rings (SSSR count). The van der Waals surface area contributed by atoms with E-state index in [2.05, 4.69) is 70.2 Å². The molecule has 2 aliphatic carbocycles. The van der Waals surface area contributed by atoms with Crippen LogP contribution in [0.1, 0.15) is 55.4 Å². The van der Waals surface area contributed by atoms with Crippen LogP contribution in [0.2, 0.25) is 0 Å². The summed E-state index contributed by atoms with van der Waals surface area (Å²) in [5.74, 6) is 0.733. The van der Waals surface area contributed by atoms with Gasteiger partial charge in [-0.15, -0.1) is 0 Å². The van der Waals surface area contributed by atoms with Crippen molar-refractivity contribution in [3.05, 3.63) is 100 Å². The van der Waals surface area contributed by atoms with E-state index in [0.29, 0.717) is 49.5 Å². The van der Waals surface area contributed by atoms with Crippen LogP contribution in [-0.4, -0.2) is 38.0 Å². The average molecular weight is 574 g/mol. The van der Waals surface area contributed by atoms with Crippen LogP contribution in [0.25, 0.3) is 17.2 Å². The van der Waals surface area contributed by atoms with E-state index < -0.39 is 0 Å². The maximum Gasteiger partial charge on any atom is 0.245 e. The molecular weight excluding hydrogens is 538 g/mol. The third-order valence-corrected chi connectivity index (χ3v) is 8.04. The first-order valence-corrected chi connectivity index (χ1v) is 14.5. The fraction of sp³-hybridized carbons (Fsp3) is 0.265. The molecule has 9 heteroatoms. The molecule has 4 aromatic rings. The number of aromatic amines is 1. The number of Topliss-reactive ketones (excluding diaryl/α,β-unsaturated/α-hetero) is 1. The first kappa shape index (κ1) is 28.1. The van der Waals surface area contributed by atoms with Gasteiger partial charge >= 0.3 is 0 Å². The van der Waals surface area contributed by atoms with Gasteiger partial charge in [-0.2, -0.15) is 9.97 Å². The molecule has 2 aromatic carbocycles. The molecule has 0 bridgehead atoms. The molecule has 0 saturated heterocycles. The highest BCUT2D eigenvalue weighted by Crippen LogP contribution is 2.44. The van der Waals surface area contributed by atoms with Crippen molar-refractivity contribution >= 4 is 40.4 Å². The second-order valence-electron chi connectivity index (χ2n) is 11.5. The van der Waals surface area contributed by atoms with E-state index in [0.717, 1.165) is 28.9 Å². The molecule has 5 N–H and O–H groups in total. The van der Waals surface area contributed by atoms with E-state index in [1.165, 1.54) is 28.6 Å². The third kappa shape index (κ3) is 6.11. The van der Waals surface area contributed by atoms with Gasteiger partial charge in [-0.05, 0) is 76.6 Å². The summed E-state index contributed by atoms with van der Waals surface area (Å²) in [4.78, 5) is 32.7. The molecule has 0 aliphatic heterocycles. The van der Waals surface area contributed by atoms with Crippen LogP contribution in [0, 0.1) is 0 Å². The number of nitrogen functional groups attached to an aromatic ring is 2. The summed E-state index contributed by atoms with van der Waals surface area (Å²) in [7, 11) is 0. The Bertz CT molecular complexity index is 1810. The lowest BCUT2D eigenvalue weighted by Crippen LogP contribution is -2.27. The van der Waals surface area contributed by atoms with E-state index >= 15 is 0 Å². The number of carbonyl (C=O) groups is 1. The monoisotopic (exact) mass is 573 g/mol. The Labute approximate surface area is 250 Å². The number of nitrogens with zero attached hydrogens (tertiary/aromatic N) is 4. The maximum absolute atomic E-state index is 12.6. The van der Waals surface area contributed by atoms with Gasteiger partial charge in [0.2, 0.25) is 11.8 Å². The summed E-state index contributed by atoms with van der Waals surface area (Å²) >= 11 is 0. The summed E-state index contributed by atoms with van der Waals surface area (Å²) < 4.78 is 5.85. The Kier molecular flexibility index (Phi) is 7.63. The molecule has 218 valence electrons. The molecule has 2 aliphatic rings. The van der Waals surface area contributed by atoms with Gasteiger partial charge in [-0.25, -0.2) is 4.98 Å². The number of aromatic nitrogens is 4. The molecule has 0 radical (unpaired) electrons. The highest BCUT2D eigenvalue weighted by atomic mass is 16.5. The van der Waals surface area contributed by atoms with Gasteiger partial charge in [-0.1, -0.05) is 50.3 Å². The summed E-state index contributed by atoms with van der Waals surface area (Å²) in [6.07, 6.45) is 12.6. The van der Waals surface area contributed by atoms with Crippen molar-refractivity contribution in [2.75, 3.05) is 18.0 Å². The normalized spacial score (nSPS) is 16.0. The van der Waals surface area contributed by atoms with Crippen molar-refractivity contribution in [2.24, 2.45) is 4.99 Å². The minimum Gasteiger partial charge on any atom is -0.471 e. The summed E-state index contributed by atoms with van der Waals surface area (Å²) in [5, 5.41) is 0. The molecule has 0 amide bonds. The van der Waals surface area contributed by atoms with E-state index in [9.17, 15) is 4.79 Å². The molecular formula is C34H35N7O2. The van der Waals surface area contributed by atoms with Crippen molar-refractivity contribution < 1.29 is 9.53 Å². The highest BCUT2D eigenvalue weighted by molar-refractivity contribution is 6.08. The van der Waals surface area contributed by atoms with Gasteiger partial charge in [0.05, 0.1) is 12.0 Å². The lowest BCUT2D eigenvalue weighted by atomic mass is 9.67. The predicted molar refractivity (Wildman–Crippen MR) is 171 cm³/mol. The number of aliphatic imine (C=N–C) groups is 1. The molecule has 2 aromatic heterocycles. The van der Waals surface area contributed by atoms with Crippen molar-refractivity contribution in [3.8, 4) is 5.88 Å². The molecule has 0 spiro atoms. The zero-order chi connectivity index (χ0) is 30.0. The van der Waals surface area contributed by atoms with Gasteiger partial charge in [0, 0.05) is 30.5 Å². The lowest BCUT2D eigenvalue weighted by Gasteiger charge is -2.36. The molecule has 2 heterocycles. The number of hydrogen-bond donors (Lipinski definition) is 3. The number of nitrogens with two attached hydrogens (primary N) is 2. The first-order chi connectivity index (χ1) is 20.8. The SMILES string of the molecule is CC1(C)C2=CC(=NCCCC(=O)CCc3ccc(COc4nc(N)nc5nc[nH]c45)cc3)C=CC2=Cc2ccc(N)cc21. The number of rotatable bonds is 10. The number of allylic oxidation sites excluding steroid dienone is 5. The lowest BCUT2D eigenvalue weighted by molar-refractivity contribution is -0.119. The number of aryl methyl sites for hydroxylation is 1. The summed E-state index contributed by atoms with van der Waals surface area (Å²) in [5.41, 5.74) is 21.5. The smallest absolute Gasteiger partial charge is 0.245 e. The number of H-pyrrole nitrogens is 1. The van der Waals surface area contributed by atoms with Crippen molar-refractivity contribution in [1.29, 1.82) is 0 Å². The fourth-order valence-electron chi connectivity index (χ4n) is 5.64. The van der Waals surface area contributed by atoms with Crippen LogP contribution in [0.4, 0.5) is 11.6 Å². The highest BCUT2D eigenvalue weighted by Gasteiger charge is 2.34. The summed E-state index contributed by atoms with van der Waals surface area (Å²) in [6.45, 7) is 5.41. The molecule has 43 heavy (non-hydrogen) atoms. The van der Waals surface area contributed by atoms with E-state index in [1.54, 1.807) is 0 Å². The van der Waals surface area contributed by atoms with Crippen LogP contribution in [0.15, 0.2) is 83.2 Å². The van der Waals surface area contributed by atoms with Gasteiger partial charge in [0.15, 0.2) is 5.65 Å². The van der Waals surface area contributed by atoms with Crippen molar-refractivity contribution in [2.45, 2.75) is 51.6 Å². The third-order valence-electron chi connectivity index (χ3n) is 8.04. The Morgan fingerprint density at radius 2 is 1.81 bits per heavy atom. The number of benzene rings is 2. The number of nitrogens with one attached hydrogen (secondary N) is 1. The number of hydrogen-bond acceptors (Lipinski definition) is 8. The number of imidazole rings is 1. The van der Waals surface area contributed by atoms with Gasteiger partial charge < -0.3 is 21.2 Å². The Hall–Kier alpha value is -5.05. The number of anilines is 2. The molecule has 0 saturated carbocycles. The second-order valence-corrected chi connectivity index (χ2v) is 11.5.